The van der Waals surface area contributed by atoms with E-state index in [1.165, 1.54) is 6.07 Å². The summed E-state index contributed by atoms with van der Waals surface area (Å²) in [6.07, 6.45) is 3.80. The number of likely N-dealkylation sites (tertiary alicyclic amines) is 1. The Balaban J connectivity index is 1.63. The number of halogens is 1. The van der Waals surface area contributed by atoms with Crippen molar-refractivity contribution in [3.63, 3.8) is 0 Å². The molecular formula is C19H23FN2O2. The Labute approximate surface area is 141 Å². The van der Waals surface area contributed by atoms with Crippen LogP contribution in [0.1, 0.15) is 29.9 Å². The van der Waals surface area contributed by atoms with Gasteiger partial charge < -0.3 is 9.30 Å². The van der Waals surface area contributed by atoms with Crippen molar-refractivity contribution in [3.05, 3.63) is 63.8 Å². The summed E-state index contributed by atoms with van der Waals surface area (Å²) in [5, 5.41) is 0. The molecule has 1 aliphatic rings. The molecule has 2 aromatic rings. The first-order valence-corrected chi connectivity index (χ1v) is 8.28. The number of methoxy groups -OCH3 is 1. The first-order chi connectivity index (χ1) is 11.6. The molecule has 128 valence electrons. The van der Waals surface area contributed by atoms with Crippen molar-refractivity contribution in [1.82, 2.24) is 9.47 Å². The Morgan fingerprint density at radius 2 is 1.96 bits per heavy atom. The number of rotatable bonds is 4. The van der Waals surface area contributed by atoms with Gasteiger partial charge in [0, 0.05) is 31.4 Å². The van der Waals surface area contributed by atoms with E-state index >= 15 is 0 Å². The highest BCUT2D eigenvalue weighted by molar-refractivity contribution is 5.30. The average molecular weight is 330 g/mol. The molecule has 3 rings (SSSR count). The Hall–Kier alpha value is -2.14. The lowest BCUT2D eigenvalue weighted by molar-refractivity contribution is 0.202. The Bertz CT molecular complexity index is 764. The van der Waals surface area contributed by atoms with Crippen LogP contribution in [0.15, 0.2) is 41.3 Å². The fraction of sp³-hybridized carbons (Fsp3) is 0.421. The standard InChI is InChI=1S/C19H23FN2O2/c1-21-8-5-15(12-19(21)23)14-6-9-22(10-7-14)13-16-11-17(24-2)3-4-18(16)20/h3-5,8,11-12,14H,6-7,9-10,13H2,1-2H3. The first-order valence-electron chi connectivity index (χ1n) is 8.28. The van der Waals surface area contributed by atoms with Gasteiger partial charge in [-0.3, -0.25) is 9.69 Å². The minimum Gasteiger partial charge on any atom is -0.497 e. The normalized spacial score (nSPS) is 16.3. The lowest BCUT2D eigenvalue weighted by Crippen LogP contribution is -2.33. The molecule has 0 aliphatic carbocycles. The fourth-order valence-corrected chi connectivity index (χ4v) is 3.28. The molecule has 0 bridgehead atoms. The molecular weight excluding hydrogens is 307 g/mol. The highest BCUT2D eigenvalue weighted by Gasteiger charge is 2.22. The minimum absolute atomic E-state index is 0.0355. The number of hydrogen-bond acceptors (Lipinski definition) is 3. The predicted octanol–water partition coefficient (Wildman–Crippen LogP) is 2.91. The number of benzene rings is 1. The molecule has 0 amide bonds. The van der Waals surface area contributed by atoms with Crippen LogP contribution >= 0.6 is 0 Å². The van der Waals surface area contributed by atoms with E-state index in [4.69, 9.17) is 4.74 Å². The molecule has 0 spiro atoms. The smallest absolute Gasteiger partial charge is 0.250 e. The first kappa shape index (κ1) is 16.7. The van der Waals surface area contributed by atoms with Gasteiger partial charge in [-0.1, -0.05) is 0 Å². The van der Waals surface area contributed by atoms with E-state index in [0.29, 0.717) is 23.8 Å². The van der Waals surface area contributed by atoms with E-state index in [1.54, 1.807) is 36.9 Å². The SMILES string of the molecule is COc1ccc(F)c(CN2CCC(c3ccn(C)c(=O)c3)CC2)c1. The van der Waals surface area contributed by atoms with Crippen molar-refractivity contribution < 1.29 is 9.13 Å². The number of nitrogens with zero attached hydrogens (tertiary/aromatic N) is 2. The van der Waals surface area contributed by atoms with Crippen molar-refractivity contribution in [1.29, 1.82) is 0 Å². The molecule has 24 heavy (non-hydrogen) atoms. The quantitative estimate of drug-likeness (QED) is 0.864. The summed E-state index contributed by atoms with van der Waals surface area (Å²) in [6, 6.07) is 8.63. The minimum atomic E-state index is -0.190. The van der Waals surface area contributed by atoms with Gasteiger partial charge in [0.25, 0.3) is 5.56 Å². The summed E-state index contributed by atoms with van der Waals surface area (Å²) in [4.78, 5) is 14.0. The monoisotopic (exact) mass is 330 g/mol. The summed E-state index contributed by atoms with van der Waals surface area (Å²) < 4.78 is 20.7. The van der Waals surface area contributed by atoms with Crippen molar-refractivity contribution in [2.24, 2.45) is 7.05 Å². The maximum atomic E-state index is 14.0. The van der Waals surface area contributed by atoms with Crippen molar-refractivity contribution >= 4 is 0 Å². The third kappa shape index (κ3) is 3.67. The van der Waals surface area contributed by atoms with Crippen LogP contribution in [0.3, 0.4) is 0 Å². The van der Waals surface area contributed by atoms with E-state index in [1.807, 2.05) is 12.3 Å². The highest BCUT2D eigenvalue weighted by atomic mass is 19.1. The zero-order valence-corrected chi connectivity index (χ0v) is 14.2. The van der Waals surface area contributed by atoms with Crippen LogP contribution in [0, 0.1) is 5.82 Å². The Morgan fingerprint density at radius 1 is 1.21 bits per heavy atom. The van der Waals surface area contributed by atoms with Crippen LogP contribution < -0.4 is 10.3 Å². The summed E-state index contributed by atoms with van der Waals surface area (Å²) in [5.74, 6) is 0.899. The average Bonchev–Trinajstić information content (AvgIpc) is 2.60. The number of piperidine rings is 1. The van der Waals surface area contributed by atoms with Gasteiger partial charge in [0.15, 0.2) is 0 Å². The second-order valence-electron chi connectivity index (χ2n) is 6.42. The van der Waals surface area contributed by atoms with Crippen LogP contribution in [0.2, 0.25) is 0 Å². The van der Waals surface area contributed by atoms with Gasteiger partial charge in [0.1, 0.15) is 11.6 Å². The molecule has 4 nitrogen and oxygen atoms in total. The van der Waals surface area contributed by atoms with Crippen LogP contribution in [0.25, 0.3) is 0 Å². The van der Waals surface area contributed by atoms with E-state index in [0.717, 1.165) is 31.5 Å². The Kier molecular flexibility index (Phi) is 5.00. The maximum absolute atomic E-state index is 14.0. The van der Waals surface area contributed by atoms with Gasteiger partial charge >= 0.3 is 0 Å². The second kappa shape index (κ2) is 7.18. The van der Waals surface area contributed by atoms with Gasteiger partial charge in [0.2, 0.25) is 0 Å². The molecule has 0 atom stereocenters. The molecule has 1 fully saturated rings. The maximum Gasteiger partial charge on any atom is 0.250 e. The van der Waals surface area contributed by atoms with Crippen molar-refractivity contribution in [2.75, 3.05) is 20.2 Å². The number of hydrogen-bond donors (Lipinski definition) is 0. The molecule has 0 unspecified atom stereocenters. The summed E-state index contributed by atoms with van der Waals surface area (Å²) in [7, 11) is 3.35. The second-order valence-corrected chi connectivity index (χ2v) is 6.42. The molecule has 1 aromatic carbocycles. The van der Waals surface area contributed by atoms with Crippen LogP contribution in [-0.4, -0.2) is 29.7 Å². The van der Waals surface area contributed by atoms with Gasteiger partial charge in [-0.05, 0) is 61.7 Å². The van der Waals surface area contributed by atoms with Crippen molar-refractivity contribution in [2.45, 2.75) is 25.3 Å². The third-order valence-corrected chi connectivity index (χ3v) is 4.83. The summed E-state index contributed by atoms with van der Waals surface area (Å²) in [5.41, 5.74) is 1.82. The molecule has 5 heteroatoms. The molecule has 1 saturated heterocycles. The van der Waals surface area contributed by atoms with Crippen LogP contribution in [0.5, 0.6) is 5.75 Å². The molecule has 2 heterocycles. The number of aryl methyl sites for hydroxylation is 1. The van der Waals surface area contributed by atoms with Gasteiger partial charge in [-0.15, -0.1) is 0 Å². The summed E-state index contributed by atoms with van der Waals surface area (Å²) >= 11 is 0. The van der Waals surface area contributed by atoms with E-state index in [9.17, 15) is 9.18 Å². The molecule has 0 saturated carbocycles. The number of ether oxygens (including phenoxy) is 1. The van der Waals surface area contributed by atoms with Crippen molar-refractivity contribution in [3.8, 4) is 5.75 Å². The third-order valence-electron chi connectivity index (χ3n) is 4.83. The van der Waals surface area contributed by atoms with Gasteiger partial charge in [-0.2, -0.15) is 0 Å². The lowest BCUT2D eigenvalue weighted by Gasteiger charge is -2.32. The van der Waals surface area contributed by atoms with Gasteiger partial charge in [0.05, 0.1) is 7.11 Å². The van der Waals surface area contributed by atoms with Crippen LogP contribution in [0.4, 0.5) is 4.39 Å². The summed E-state index contributed by atoms with van der Waals surface area (Å²) in [6.45, 7) is 2.39. The van der Waals surface area contributed by atoms with E-state index < -0.39 is 0 Å². The predicted molar refractivity (Wildman–Crippen MR) is 91.9 cm³/mol. The zero-order chi connectivity index (χ0) is 17.1. The van der Waals surface area contributed by atoms with Gasteiger partial charge in [-0.25, -0.2) is 4.39 Å². The van der Waals surface area contributed by atoms with E-state index in [-0.39, 0.29) is 11.4 Å². The van der Waals surface area contributed by atoms with E-state index in [2.05, 4.69) is 4.90 Å². The molecule has 1 aliphatic heterocycles. The van der Waals surface area contributed by atoms with Crippen LogP contribution in [-0.2, 0) is 13.6 Å². The largest absolute Gasteiger partial charge is 0.497 e. The fourth-order valence-electron chi connectivity index (χ4n) is 3.28. The molecule has 0 N–H and O–H groups in total. The molecule has 0 radical (unpaired) electrons. The number of pyridine rings is 1. The zero-order valence-electron chi connectivity index (χ0n) is 14.2. The highest BCUT2D eigenvalue weighted by Crippen LogP contribution is 2.28. The lowest BCUT2D eigenvalue weighted by atomic mass is 9.90. The topological polar surface area (TPSA) is 34.5 Å². The number of aromatic nitrogens is 1. The Morgan fingerprint density at radius 3 is 2.62 bits per heavy atom. The molecule has 1 aromatic heterocycles.